The van der Waals surface area contributed by atoms with Crippen LogP contribution in [-0.4, -0.2) is 0 Å². The van der Waals surface area contributed by atoms with Gasteiger partial charge in [-0.3, -0.25) is 0 Å². The fraction of sp³-hybridized carbons (Fsp3) is 0.250. The first kappa shape index (κ1) is 12.5. The second-order valence-corrected chi connectivity index (χ2v) is 2.98. The van der Waals surface area contributed by atoms with Crippen LogP contribution >= 0.6 is 0 Å². The van der Waals surface area contributed by atoms with Gasteiger partial charge in [-0.1, -0.05) is 0 Å². The van der Waals surface area contributed by atoms with E-state index in [0.717, 1.165) is 0 Å². The predicted octanol–water partition coefficient (Wildman–Crippen LogP) is 2.89. The molecule has 0 aromatic heterocycles. The van der Waals surface area contributed by atoms with Crippen LogP contribution < -0.4 is 11.5 Å². The largest absolute Gasteiger partial charge is 0.418 e. The number of hydrogen-bond acceptors (Lipinski definition) is 2. The Morgan fingerprint density at radius 1 is 0.688 bits per heavy atom. The van der Waals surface area contributed by atoms with Crippen molar-refractivity contribution in [3.63, 3.8) is 0 Å². The summed E-state index contributed by atoms with van der Waals surface area (Å²) in [4.78, 5) is 0. The summed E-state index contributed by atoms with van der Waals surface area (Å²) < 4.78 is 73.4. The normalized spacial score (nSPS) is 12.9. The lowest BCUT2D eigenvalue weighted by atomic mass is 10.1. The number of alkyl halides is 6. The van der Waals surface area contributed by atoms with Gasteiger partial charge in [0.25, 0.3) is 0 Å². The topological polar surface area (TPSA) is 52.0 Å². The fourth-order valence-electron chi connectivity index (χ4n) is 1.13. The summed E-state index contributed by atoms with van der Waals surface area (Å²) in [7, 11) is 0. The van der Waals surface area contributed by atoms with Crippen LogP contribution in [0.25, 0.3) is 0 Å². The molecule has 0 fully saturated rings. The van der Waals surface area contributed by atoms with Crippen LogP contribution in [0.5, 0.6) is 0 Å². The lowest BCUT2D eigenvalue weighted by Gasteiger charge is -2.16. The molecule has 0 aliphatic carbocycles. The highest BCUT2D eigenvalue weighted by Crippen LogP contribution is 2.42. The molecule has 16 heavy (non-hydrogen) atoms. The Balaban J connectivity index is 3.41. The van der Waals surface area contributed by atoms with E-state index in [2.05, 4.69) is 0 Å². The van der Waals surface area contributed by atoms with Crippen molar-refractivity contribution in [2.75, 3.05) is 11.5 Å². The van der Waals surface area contributed by atoms with E-state index >= 15 is 0 Å². The molecule has 0 aliphatic rings. The monoisotopic (exact) mass is 244 g/mol. The van der Waals surface area contributed by atoms with Gasteiger partial charge in [0.2, 0.25) is 0 Å². The zero-order chi connectivity index (χ0) is 12.7. The van der Waals surface area contributed by atoms with Gasteiger partial charge < -0.3 is 11.5 Å². The fourth-order valence-corrected chi connectivity index (χ4v) is 1.13. The Morgan fingerprint density at radius 2 is 0.938 bits per heavy atom. The molecule has 0 bridgehead atoms. The standard InChI is InChI=1S/C8H6F6N2/c9-7(10,11)3-1-2-4(8(12,13)14)6(16)5(3)15/h1-2H,15-16H2. The van der Waals surface area contributed by atoms with Crippen LogP contribution in [0.2, 0.25) is 0 Å². The molecule has 8 heteroatoms. The van der Waals surface area contributed by atoms with Gasteiger partial charge in [-0.05, 0) is 12.1 Å². The molecule has 0 atom stereocenters. The molecule has 0 saturated carbocycles. The molecular weight excluding hydrogens is 238 g/mol. The quantitative estimate of drug-likeness (QED) is 0.544. The lowest BCUT2D eigenvalue weighted by molar-refractivity contribution is -0.140. The SMILES string of the molecule is Nc1c(C(F)(F)F)ccc(C(F)(F)F)c1N. The molecule has 2 nitrogen and oxygen atoms in total. The van der Waals surface area contributed by atoms with Crippen LogP contribution in [0.1, 0.15) is 11.1 Å². The molecule has 0 saturated heterocycles. The third-order valence-corrected chi connectivity index (χ3v) is 1.90. The van der Waals surface area contributed by atoms with Gasteiger partial charge in [-0.15, -0.1) is 0 Å². The van der Waals surface area contributed by atoms with Crippen LogP contribution in [0.4, 0.5) is 37.7 Å². The molecular formula is C8H6F6N2. The third-order valence-electron chi connectivity index (χ3n) is 1.90. The average Bonchev–Trinajstić information content (AvgIpc) is 2.05. The summed E-state index contributed by atoms with van der Waals surface area (Å²) >= 11 is 0. The Kier molecular flexibility index (Phi) is 2.70. The number of hydrogen-bond donors (Lipinski definition) is 2. The van der Waals surface area contributed by atoms with Gasteiger partial charge in [0.15, 0.2) is 0 Å². The van der Waals surface area contributed by atoms with E-state index in [9.17, 15) is 26.3 Å². The average molecular weight is 244 g/mol. The van der Waals surface area contributed by atoms with Gasteiger partial charge in [-0.2, -0.15) is 26.3 Å². The summed E-state index contributed by atoms with van der Waals surface area (Å²) in [5, 5.41) is 0. The first-order valence-corrected chi connectivity index (χ1v) is 3.87. The maximum atomic E-state index is 12.2. The molecule has 90 valence electrons. The van der Waals surface area contributed by atoms with Crippen LogP contribution in [0.3, 0.4) is 0 Å². The summed E-state index contributed by atoms with van der Waals surface area (Å²) in [6.45, 7) is 0. The van der Waals surface area contributed by atoms with Crippen molar-refractivity contribution in [2.24, 2.45) is 0 Å². The first-order valence-electron chi connectivity index (χ1n) is 3.87. The summed E-state index contributed by atoms with van der Waals surface area (Å²) in [5.74, 6) is 0. The molecule has 0 heterocycles. The number of nitrogens with two attached hydrogens (primary N) is 2. The molecule has 0 radical (unpaired) electrons. The highest BCUT2D eigenvalue weighted by Gasteiger charge is 2.38. The Hall–Kier alpha value is -1.60. The molecule has 0 spiro atoms. The summed E-state index contributed by atoms with van der Waals surface area (Å²) in [5.41, 5.74) is 4.87. The van der Waals surface area contributed by atoms with E-state index in [1.807, 2.05) is 0 Å². The van der Waals surface area contributed by atoms with Crippen molar-refractivity contribution >= 4 is 11.4 Å². The van der Waals surface area contributed by atoms with Crippen molar-refractivity contribution in [3.05, 3.63) is 23.3 Å². The van der Waals surface area contributed by atoms with E-state index in [4.69, 9.17) is 11.5 Å². The minimum absolute atomic E-state index is 0.258. The molecule has 4 N–H and O–H groups in total. The smallest absolute Gasteiger partial charge is 0.397 e. The molecule has 1 aromatic rings. The van der Waals surface area contributed by atoms with E-state index < -0.39 is 34.9 Å². The molecule has 1 rings (SSSR count). The van der Waals surface area contributed by atoms with Crippen molar-refractivity contribution in [2.45, 2.75) is 12.4 Å². The van der Waals surface area contributed by atoms with E-state index in [1.165, 1.54) is 0 Å². The highest BCUT2D eigenvalue weighted by molar-refractivity contribution is 5.72. The van der Waals surface area contributed by atoms with Crippen LogP contribution in [0, 0.1) is 0 Å². The third kappa shape index (κ3) is 2.15. The van der Waals surface area contributed by atoms with Crippen molar-refractivity contribution in [3.8, 4) is 0 Å². The second kappa shape index (κ2) is 3.46. The van der Waals surface area contributed by atoms with Gasteiger partial charge in [-0.25, -0.2) is 0 Å². The Bertz CT molecular complexity index is 367. The lowest BCUT2D eigenvalue weighted by Crippen LogP contribution is -2.15. The predicted molar refractivity (Wildman–Crippen MR) is 45.3 cm³/mol. The van der Waals surface area contributed by atoms with Gasteiger partial charge in [0.05, 0.1) is 22.5 Å². The van der Waals surface area contributed by atoms with Gasteiger partial charge >= 0.3 is 12.4 Å². The molecule has 0 unspecified atom stereocenters. The maximum Gasteiger partial charge on any atom is 0.418 e. The van der Waals surface area contributed by atoms with E-state index in [1.54, 1.807) is 0 Å². The number of anilines is 2. The number of rotatable bonds is 0. The molecule has 0 amide bonds. The Labute approximate surface area is 85.8 Å². The van der Waals surface area contributed by atoms with Crippen molar-refractivity contribution in [1.29, 1.82) is 0 Å². The highest BCUT2D eigenvalue weighted by atomic mass is 19.4. The minimum atomic E-state index is -4.83. The summed E-state index contributed by atoms with van der Waals surface area (Å²) in [6, 6.07) is 0.517. The molecule has 0 aliphatic heterocycles. The molecule has 1 aromatic carbocycles. The zero-order valence-corrected chi connectivity index (χ0v) is 7.58. The zero-order valence-electron chi connectivity index (χ0n) is 7.58. The number of nitrogen functional groups attached to an aromatic ring is 2. The first-order chi connectivity index (χ1) is 7.05. The second-order valence-electron chi connectivity index (χ2n) is 2.98. The Morgan fingerprint density at radius 3 is 1.12 bits per heavy atom. The van der Waals surface area contributed by atoms with E-state index in [-0.39, 0.29) is 12.1 Å². The number of benzene rings is 1. The van der Waals surface area contributed by atoms with Crippen LogP contribution in [0.15, 0.2) is 12.1 Å². The van der Waals surface area contributed by atoms with Crippen molar-refractivity contribution < 1.29 is 26.3 Å². The summed E-state index contributed by atoms with van der Waals surface area (Å²) in [6.07, 6.45) is -9.66. The van der Waals surface area contributed by atoms with Gasteiger partial charge in [0.1, 0.15) is 0 Å². The van der Waals surface area contributed by atoms with Crippen molar-refractivity contribution in [1.82, 2.24) is 0 Å². The number of halogens is 6. The minimum Gasteiger partial charge on any atom is -0.397 e. The maximum absolute atomic E-state index is 12.2. The van der Waals surface area contributed by atoms with E-state index in [0.29, 0.717) is 0 Å². The van der Waals surface area contributed by atoms with Crippen LogP contribution in [-0.2, 0) is 12.4 Å². The van der Waals surface area contributed by atoms with Gasteiger partial charge in [0, 0.05) is 0 Å².